The molecule has 2 fully saturated rings. The third kappa shape index (κ3) is 3.90. The lowest BCUT2D eigenvalue weighted by Gasteiger charge is -2.29. The molecular weight excluding hydrogens is 516 g/mol. The van der Waals surface area contributed by atoms with Crippen molar-refractivity contribution in [2.45, 2.75) is 19.1 Å². The van der Waals surface area contributed by atoms with Crippen LogP contribution in [0.1, 0.15) is 18.5 Å². The number of benzene rings is 3. The molecule has 0 unspecified atom stereocenters. The molecular formula is C26H23BrN2O6. The molecule has 2 aliphatic heterocycles. The van der Waals surface area contributed by atoms with Crippen LogP contribution in [0.5, 0.6) is 17.2 Å². The molecule has 5 rings (SSSR count). The van der Waals surface area contributed by atoms with Gasteiger partial charge in [-0.25, -0.2) is 9.96 Å². The van der Waals surface area contributed by atoms with Crippen LogP contribution in [-0.4, -0.2) is 36.7 Å². The molecule has 3 aromatic carbocycles. The number of phenols is 1. The Morgan fingerprint density at radius 2 is 1.74 bits per heavy atom. The minimum absolute atomic E-state index is 0.0545. The Labute approximate surface area is 210 Å². The van der Waals surface area contributed by atoms with Crippen molar-refractivity contribution in [1.82, 2.24) is 0 Å². The summed E-state index contributed by atoms with van der Waals surface area (Å²) in [5.74, 6) is -0.884. The smallest absolute Gasteiger partial charge is 0.266 e. The molecule has 0 aliphatic carbocycles. The number of halogens is 1. The molecule has 9 heteroatoms. The standard InChI is InChI=1S/C26H23BrN2O6/c1-3-34-18-11-7-10-17(14-18)28-25(31)21-22(15-12-19(27)23(30)20(13-15)33-2)29(35-24(21)26(28)32)16-8-5-4-6-9-16/h4-14,21-22,24,30H,3H2,1-2H3/t21-,22+,24+/m1/s1. The first-order valence-corrected chi connectivity index (χ1v) is 11.9. The highest BCUT2D eigenvalue weighted by Gasteiger charge is 2.60. The second-order valence-corrected chi connectivity index (χ2v) is 9.01. The van der Waals surface area contributed by atoms with Gasteiger partial charge in [0.05, 0.1) is 35.6 Å². The summed E-state index contributed by atoms with van der Waals surface area (Å²) in [7, 11) is 1.45. The summed E-state index contributed by atoms with van der Waals surface area (Å²) >= 11 is 3.37. The van der Waals surface area contributed by atoms with Crippen molar-refractivity contribution in [2.24, 2.45) is 5.92 Å². The zero-order valence-corrected chi connectivity index (χ0v) is 20.6. The second-order valence-electron chi connectivity index (χ2n) is 8.15. The summed E-state index contributed by atoms with van der Waals surface area (Å²) in [5.41, 5.74) is 1.77. The maximum atomic E-state index is 13.8. The van der Waals surface area contributed by atoms with Gasteiger partial charge in [-0.3, -0.25) is 14.4 Å². The number of carbonyl (C=O) groups is 2. The van der Waals surface area contributed by atoms with Gasteiger partial charge in [-0.2, -0.15) is 0 Å². The van der Waals surface area contributed by atoms with Gasteiger partial charge in [0.25, 0.3) is 5.91 Å². The van der Waals surface area contributed by atoms with E-state index in [9.17, 15) is 14.7 Å². The van der Waals surface area contributed by atoms with Crippen molar-refractivity contribution in [3.8, 4) is 17.2 Å². The lowest BCUT2D eigenvalue weighted by molar-refractivity contribution is -0.126. The summed E-state index contributed by atoms with van der Waals surface area (Å²) in [6, 6.07) is 18.9. The molecule has 2 saturated heterocycles. The predicted octanol–water partition coefficient (Wildman–Crippen LogP) is 4.61. The van der Waals surface area contributed by atoms with Gasteiger partial charge >= 0.3 is 0 Å². The van der Waals surface area contributed by atoms with Crippen molar-refractivity contribution in [3.63, 3.8) is 0 Å². The van der Waals surface area contributed by atoms with E-state index in [0.717, 1.165) is 0 Å². The largest absolute Gasteiger partial charge is 0.503 e. The molecule has 2 aliphatic rings. The summed E-state index contributed by atoms with van der Waals surface area (Å²) < 4.78 is 11.3. The third-order valence-corrected chi connectivity index (χ3v) is 6.73. The number of methoxy groups -OCH3 is 1. The number of anilines is 2. The highest BCUT2D eigenvalue weighted by atomic mass is 79.9. The molecule has 0 aromatic heterocycles. The van der Waals surface area contributed by atoms with Gasteiger partial charge in [0.15, 0.2) is 17.6 Å². The van der Waals surface area contributed by atoms with E-state index in [2.05, 4.69) is 15.9 Å². The molecule has 0 bridgehead atoms. The van der Waals surface area contributed by atoms with Crippen LogP contribution in [0.2, 0.25) is 0 Å². The molecule has 180 valence electrons. The number of hydrogen-bond acceptors (Lipinski definition) is 7. The van der Waals surface area contributed by atoms with Crippen LogP contribution >= 0.6 is 15.9 Å². The lowest BCUT2D eigenvalue weighted by Crippen LogP contribution is -2.37. The van der Waals surface area contributed by atoms with Gasteiger partial charge in [-0.1, -0.05) is 24.3 Å². The number of para-hydroxylation sites is 1. The number of aromatic hydroxyl groups is 1. The van der Waals surface area contributed by atoms with Crippen LogP contribution in [0.3, 0.4) is 0 Å². The average molecular weight is 539 g/mol. The first kappa shape index (κ1) is 23.2. The Morgan fingerprint density at radius 1 is 1.00 bits per heavy atom. The number of imide groups is 1. The monoisotopic (exact) mass is 538 g/mol. The maximum Gasteiger partial charge on any atom is 0.266 e. The number of carbonyl (C=O) groups excluding carboxylic acids is 2. The van der Waals surface area contributed by atoms with E-state index in [1.165, 1.54) is 12.0 Å². The number of phenolic OH excluding ortho intramolecular Hbond substituents is 1. The van der Waals surface area contributed by atoms with Gasteiger partial charge in [0.1, 0.15) is 11.7 Å². The number of hydroxylamine groups is 1. The van der Waals surface area contributed by atoms with E-state index in [4.69, 9.17) is 14.3 Å². The van der Waals surface area contributed by atoms with Gasteiger partial charge in [-0.15, -0.1) is 0 Å². The van der Waals surface area contributed by atoms with Crippen LogP contribution in [0, 0.1) is 5.92 Å². The van der Waals surface area contributed by atoms with Gasteiger partial charge in [0.2, 0.25) is 5.91 Å². The Balaban J connectivity index is 1.60. The molecule has 1 N–H and O–H groups in total. The Hall–Kier alpha value is -3.56. The SMILES string of the molecule is CCOc1cccc(N2C(=O)[C@H]3[C@H](ON(c4ccccc4)[C@H]3c3cc(Br)c(O)c(OC)c3)C2=O)c1. The van der Waals surface area contributed by atoms with E-state index >= 15 is 0 Å². The maximum absolute atomic E-state index is 13.8. The fourth-order valence-electron chi connectivity index (χ4n) is 4.61. The molecule has 8 nitrogen and oxygen atoms in total. The lowest BCUT2D eigenvalue weighted by atomic mass is 9.90. The Kier molecular flexibility index (Phi) is 6.12. The Bertz CT molecular complexity index is 1280. The normalized spacial score (nSPS) is 21.4. The topological polar surface area (TPSA) is 88.5 Å². The summed E-state index contributed by atoms with van der Waals surface area (Å²) in [4.78, 5) is 34.6. The quantitative estimate of drug-likeness (QED) is 0.458. The van der Waals surface area contributed by atoms with Crippen molar-refractivity contribution in [1.29, 1.82) is 0 Å². The van der Waals surface area contributed by atoms with Crippen LogP contribution in [0.4, 0.5) is 11.4 Å². The zero-order chi connectivity index (χ0) is 24.7. The van der Waals surface area contributed by atoms with Crippen LogP contribution in [0.15, 0.2) is 71.2 Å². The van der Waals surface area contributed by atoms with Gasteiger partial charge in [0, 0.05) is 6.07 Å². The number of hydrogen-bond donors (Lipinski definition) is 1. The van der Waals surface area contributed by atoms with E-state index < -0.39 is 24.0 Å². The van der Waals surface area contributed by atoms with Crippen LogP contribution < -0.4 is 19.4 Å². The summed E-state index contributed by atoms with van der Waals surface area (Å²) in [5, 5.41) is 11.9. The molecule has 0 saturated carbocycles. The number of rotatable bonds is 6. The predicted molar refractivity (Wildman–Crippen MR) is 132 cm³/mol. The Morgan fingerprint density at radius 3 is 2.46 bits per heavy atom. The first-order valence-electron chi connectivity index (χ1n) is 11.1. The molecule has 2 amide bonds. The first-order chi connectivity index (χ1) is 16.9. The highest BCUT2D eigenvalue weighted by Crippen LogP contribution is 2.49. The molecule has 2 heterocycles. The number of fused-ring (bicyclic) bond motifs is 1. The fourth-order valence-corrected chi connectivity index (χ4v) is 5.07. The number of ether oxygens (including phenoxy) is 2. The summed E-state index contributed by atoms with van der Waals surface area (Å²) in [6.45, 7) is 2.33. The summed E-state index contributed by atoms with van der Waals surface area (Å²) in [6.07, 6.45) is -1.01. The number of amides is 2. The van der Waals surface area contributed by atoms with E-state index in [0.29, 0.717) is 33.8 Å². The average Bonchev–Trinajstić information content (AvgIpc) is 3.37. The van der Waals surface area contributed by atoms with Gasteiger partial charge < -0.3 is 14.6 Å². The van der Waals surface area contributed by atoms with E-state index in [-0.39, 0.29) is 17.4 Å². The van der Waals surface area contributed by atoms with Crippen LogP contribution in [0.25, 0.3) is 0 Å². The third-order valence-electron chi connectivity index (χ3n) is 6.13. The van der Waals surface area contributed by atoms with E-state index in [1.54, 1.807) is 41.5 Å². The zero-order valence-electron chi connectivity index (χ0n) is 19.1. The molecule has 0 spiro atoms. The second kappa shape index (κ2) is 9.24. The van der Waals surface area contributed by atoms with Crippen LogP contribution in [-0.2, 0) is 14.4 Å². The molecule has 3 aromatic rings. The number of nitrogens with zero attached hydrogens (tertiary/aromatic N) is 2. The van der Waals surface area contributed by atoms with Crippen molar-refractivity contribution in [3.05, 3.63) is 76.8 Å². The molecule has 0 radical (unpaired) electrons. The minimum Gasteiger partial charge on any atom is -0.503 e. The fraction of sp³-hybridized carbons (Fsp3) is 0.231. The molecule has 3 atom stereocenters. The minimum atomic E-state index is -1.01. The van der Waals surface area contributed by atoms with Crippen molar-refractivity contribution >= 4 is 39.1 Å². The van der Waals surface area contributed by atoms with Gasteiger partial charge in [-0.05, 0) is 64.8 Å². The van der Waals surface area contributed by atoms with E-state index in [1.807, 2.05) is 37.3 Å². The highest BCUT2D eigenvalue weighted by molar-refractivity contribution is 9.10. The van der Waals surface area contributed by atoms with Crippen molar-refractivity contribution in [2.75, 3.05) is 23.7 Å². The van der Waals surface area contributed by atoms with Crippen molar-refractivity contribution < 1.29 is 29.0 Å². The molecule has 35 heavy (non-hydrogen) atoms.